The molecular formula is C50H56FN7O5. The van der Waals surface area contributed by atoms with Gasteiger partial charge in [-0.05, 0) is 112 Å². The molecule has 0 radical (unpaired) electrons. The van der Waals surface area contributed by atoms with E-state index in [4.69, 9.17) is 15.5 Å². The van der Waals surface area contributed by atoms with Crippen LogP contribution in [-0.2, 0) is 9.59 Å². The van der Waals surface area contributed by atoms with Crippen molar-refractivity contribution in [3.05, 3.63) is 131 Å². The summed E-state index contributed by atoms with van der Waals surface area (Å²) >= 11 is 0. The summed E-state index contributed by atoms with van der Waals surface area (Å²) in [5.41, 5.74) is 15.1. The number of imide groups is 2. The van der Waals surface area contributed by atoms with Crippen LogP contribution in [0.25, 0.3) is 0 Å². The van der Waals surface area contributed by atoms with Gasteiger partial charge in [0.05, 0.1) is 16.8 Å². The molecule has 0 saturated carbocycles. The highest BCUT2D eigenvalue weighted by molar-refractivity contribution is 6.23. The SMILES string of the molecule is C=CC=C=C(C)C(/C(=N\CCC1C(F)CN(C2CN(C3CN(c4ccc5c(c4)C(=O)N(C4CCC(=O)NC4=O)C5=O)C3)C2)CC[C@H]1C)c1ccc(Oc2ccccc2)cc1)=C(\C)N. The third-order valence-corrected chi connectivity index (χ3v) is 13.3. The van der Waals surface area contributed by atoms with E-state index in [-0.39, 0.29) is 35.8 Å². The van der Waals surface area contributed by atoms with Crippen LogP contribution >= 0.6 is 0 Å². The number of alkyl halides is 1. The van der Waals surface area contributed by atoms with Crippen LogP contribution in [0.2, 0.25) is 0 Å². The fourth-order valence-electron chi connectivity index (χ4n) is 9.62. The maximum absolute atomic E-state index is 16.4. The summed E-state index contributed by atoms with van der Waals surface area (Å²) in [5.74, 6) is -0.510. The number of nitrogens with one attached hydrogen (secondary N) is 1. The van der Waals surface area contributed by atoms with Crippen molar-refractivity contribution in [2.45, 2.75) is 70.8 Å². The van der Waals surface area contributed by atoms with Gasteiger partial charge in [0.2, 0.25) is 11.8 Å². The number of hydrogen-bond donors (Lipinski definition) is 2. The van der Waals surface area contributed by atoms with E-state index in [2.05, 4.69) is 39.3 Å². The van der Waals surface area contributed by atoms with E-state index in [1.807, 2.05) is 74.5 Å². The first-order valence-electron chi connectivity index (χ1n) is 22.0. The van der Waals surface area contributed by atoms with E-state index in [0.717, 1.165) is 77.9 Å². The number of amides is 4. The zero-order chi connectivity index (χ0) is 44.4. The van der Waals surface area contributed by atoms with Crippen molar-refractivity contribution in [1.82, 2.24) is 20.0 Å². The van der Waals surface area contributed by atoms with E-state index < -0.39 is 35.8 Å². The molecule has 0 aliphatic carbocycles. The van der Waals surface area contributed by atoms with Crippen LogP contribution in [0.3, 0.4) is 0 Å². The molecule has 5 aliphatic heterocycles. The number of carbonyl (C=O) groups is 4. The van der Waals surface area contributed by atoms with Gasteiger partial charge in [-0.1, -0.05) is 37.8 Å². The van der Waals surface area contributed by atoms with Gasteiger partial charge < -0.3 is 15.4 Å². The number of likely N-dealkylation sites (tertiary alicyclic amines) is 2. The molecule has 4 amide bonds. The predicted molar refractivity (Wildman–Crippen MR) is 242 cm³/mol. The van der Waals surface area contributed by atoms with E-state index in [0.29, 0.717) is 43.0 Å². The van der Waals surface area contributed by atoms with Crippen LogP contribution < -0.4 is 20.7 Å². The molecule has 328 valence electrons. The number of anilines is 1. The quantitative estimate of drug-likeness (QED) is 0.0860. The standard InChI is InChI=1S/C50H56FN7O5/c1-5-6-10-32(3)46(33(4)52)47(34-13-16-39(17-14-34)63-38-11-8-7-9-12-38)53-23-21-40-31(2)22-24-55(30-43(40)51)36-26-57(27-36)37-28-56(29-37)35-15-18-41-42(25-35)50(62)58(49(41)61)44-19-20-45(59)54-48(44)60/h5-9,11-18,25,31,36-37,40,43-44H,1,19-24,26-30,52H2,2-4H3,(H,54,59,60)/b46-33-,53-47-/t10?,31-,40?,43?,44?/m1/s1. The number of nitrogens with zero attached hydrogens (tertiary/aromatic N) is 5. The summed E-state index contributed by atoms with van der Waals surface area (Å²) < 4.78 is 22.4. The average molecular weight is 854 g/mol. The van der Waals surface area contributed by atoms with Crippen molar-refractivity contribution in [3.63, 3.8) is 0 Å². The van der Waals surface area contributed by atoms with E-state index in [1.54, 1.807) is 24.3 Å². The molecule has 0 aromatic heterocycles. The fourth-order valence-corrected chi connectivity index (χ4v) is 9.62. The Bertz CT molecular complexity index is 2390. The number of carbonyl (C=O) groups excluding carboxylic acids is 4. The van der Waals surface area contributed by atoms with Crippen LogP contribution in [0.1, 0.15) is 72.7 Å². The van der Waals surface area contributed by atoms with Gasteiger partial charge in [-0.25, -0.2) is 4.39 Å². The molecular weight excluding hydrogens is 798 g/mol. The van der Waals surface area contributed by atoms with Gasteiger partial charge in [-0.15, -0.1) is 5.73 Å². The number of aliphatic imine (C=N–C) groups is 1. The molecule has 8 rings (SSSR count). The number of allylic oxidation sites excluding steroid dienone is 4. The molecule has 5 aliphatic rings. The summed E-state index contributed by atoms with van der Waals surface area (Å²) in [4.78, 5) is 63.8. The molecule has 3 aromatic rings. The second kappa shape index (κ2) is 18.7. The molecule has 4 fully saturated rings. The van der Waals surface area contributed by atoms with Crippen molar-refractivity contribution in [3.8, 4) is 11.5 Å². The number of nitrogens with two attached hydrogens (primary N) is 1. The summed E-state index contributed by atoms with van der Waals surface area (Å²) in [7, 11) is 0. The zero-order valence-corrected chi connectivity index (χ0v) is 36.3. The fraction of sp³-hybridized carbons (Fsp3) is 0.400. The maximum Gasteiger partial charge on any atom is 0.262 e. The van der Waals surface area contributed by atoms with Crippen LogP contribution in [0.15, 0.2) is 119 Å². The van der Waals surface area contributed by atoms with E-state index in [1.165, 1.54) is 0 Å². The van der Waals surface area contributed by atoms with Gasteiger partial charge >= 0.3 is 0 Å². The van der Waals surface area contributed by atoms with Crippen LogP contribution in [0, 0.1) is 11.8 Å². The van der Waals surface area contributed by atoms with Crippen molar-refractivity contribution in [1.29, 1.82) is 0 Å². The summed E-state index contributed by atoms with van der Waals surface area (Å²) in [5, 5.41) is 2.24. The topological polar surface area (TPSA) is 141 Å². The Morgan fingerprint density at radius 3 is 2.30 bits per heavy atom. The second-order valence-electron chi connectivity index (χ2n) is 17.5. The predicted octanol–water partition coefficient (Wildman–Crippen LogP) is 6.45. The van der Waals surface area contributed by atoms with Crippen molar-refractivity contribution < 1.29 is 28.3 Å². The minimum absolute atomic E-state index is 0.0797. The highest BCUT2D eigenvalue weighted by atomic mass is 19.1. The first-order chi connectivity index (χ1) is 30.4. The highest BCUT2D eigenvalue weighted by Gasteiger charge is 2.46. The van der Waals surface area contributed by atoms with Crippen LogP contribution in [0.5, 0.6) is 11.5 Å². The minimum atomic E-state index is -0.990. The Morgan fingerprint density at radius 1 is 0.905 bits per heavy atom. The normalized spacial score (nSPS) is 24.1. The lowest BCUT2D eigenvalue weighted by molar-refractivity contribution is -0.136. The molecule has 0 bridgehead atoms. The molecule has 13 heteroatoms. The molecule has 3 N–H and O–H groups in total. The van der Waals surface area contributed by atoms with Crippen LogP contribution in [0.4, 0.5) is 10.1 Å². The van der Waals surface area contributed by atoms with Gasteiger partial charge in [0.15, 0.2) is 0 Å². The Morgan fingerprint density at radius 2 is 1.60 bits per heavy atom. The first-order valence-corrected chi connectivity index (χ1v) is 22.0. The number of benzene rings is 3. The minimum Gasteiger partial charge on any atom is -0.457 e. The lowest BCUT2D eigenvalue weighted by Crippen LogP contribution is -2.70. The zero-order valence-electron chi connectivity index (χ0n) is 36.3. The average Bonchev–Trinajstić information content (AvgIpc) is 3.38. The number of ether oxygens (including phenoxy) is 1. The van der Waals surface area contributed by atoms with Gasteiger partial charge in [-0.3, -0.25) is 44.2 Å². The molecule has 0 spiro atoms. The largest absolute Gasteiger partial charge is 0.457 e. The molecule has 4 saturated heterocycles. The molecule has 3 unspecified atom stereocenters. The lowest BCUT2D eigenvalue weighted by Gasteiger charge is -2.54. The van der Waals surface area contributed by atoms with Gasteiger partial charge in [0, 0.05) is 85.9 Å². The number of rotatable bonds is 13. The lowest BCUT2D eigenvalue weighted by atomic mass is 9.85. The monoisotopic (exact) mass is 853 g/mol. The smallest absolute Gasteiger partial charge is 0.262 e. The Labute approximate surface area is 368 Å². The molecule has 4 atom stereocenters. The Balaban J connectivity index is 0.861. The Hall–Kier alpha value is -6.14. The first kappa shape index (κ1) is 43.5. The summed E-state index contributed by atoms with van der Waals surface area (Å²) in [6.07, 6.45) is 4.19. The van der Waals surface area contributed by atoms with Crippen molar-refractivity contribution >= 4 is 35.0 Å². The number of hydrogen-bond acceptors (Lipinski definition) is 10. The molecule has 12 nitrogen and oxygen atoms in total. The number of para-hydroxylation sites is 1. The van der Waals surface area contributed by atoms with Gasteiger partial charge in [0.1, 0.15) is 23.7 Å². The Kier molecular flexibility index (Phi) is 12.9. The third kappa shape index (κ3) is 9.18. The van der Waals surface area contributed by atoms with Gasteiger partial charge in [0.25, 0.3) is 11.8 Å². The van der Waals surface area contributed by atoms with E-state index in [9.17, 15) is 19.2 Å². The molecule has 63 heavy (non-hydrogen) atoms. The molecule has 5 heterocycles. The summed E-state index contributed by atoms with van der Waals surface area (Å²) in [6.45, 7) is 14.8. The van der Waals surface area contributed by atoms with Crippen molar-refractivity contribution in [2.75, 3.05) is 50.7 Å². The van der Waals surface area contributed by atoms with Crippen molar-refractivity contribution in [2.24, 2.45) is 22.6 Å². The number of piperidine rings is 1. The van der Waals surface area contributed by atoms with E-state index >= 15 is 4.39 Å². The van der Waals surface area contributed by atoms with Gasteiger partial charge in [-0.2, -0.15) is 0 Å². The number of halogens is 1. The third-order valence-electron chi connectivity index (χ3n) is 13.3. The highest BCUT2D eigenvalue weighted by Crippen LogP contribution is 2.36. The molecule has 3 aromatic carbocycles. The maximum atomic E-state index is 16.4. The summed E-state index contributed by atoms with van der Waals surface area (Å²) in [6, 6.07) is 22.3. The number of fused-ring (bicyclic) bond motifs is 1. The second-order valence-corrected chi connectivity index (χ2v) is 17.5. The van der Waals surface area contributed by atoms with Crippen LogP contribution in [-0.4, -0.2) is 114 Å².